The fourth-order valence-corrected chi connectivity index (χ4v) is 6.74. The van der Waals surface area contributed by atoms with Crippen LogP contribution in [0, 0.1) is 0 Å². The Morgan fingerprint density at radius 3 is 1.38 bits per heavy atom. The minimum atomic E-state index is -1.63. The SMILES string of the molecule is c1cc(OC[C@@H]2C[N+]34CCO[B-]3(OCC4)O2)ccc1OC[C@@H]1C[N+]23CCO[B-]2(OCC3)O1. The third-order valence-electron chi connectivity index (χ3n) is 8.36. The molecule has 0 aromatic heterocycles. The monoisotopic (exact) mass is 448 g/mol. The molecule has 174 valence electrons. The average Bonchev–Trinajstić information content (AvgIpc) is 3.52. The van der Waals surface area contributed by atoms with E-state index >= 15 is 0 Å². The molecule has 1 aromatic carbocycles. The van der Waals surface area contributed by atoms with Gasteiger partial charge in [0.15, 0.2) is 0 Å². The van der Waals surface area contributed by atoms with Crippen molar-refractivity contribution in [1.82, 2.24) is 0 Å². The number of quaternary nitrogens is 2. The predicted octanol–water partition coefficient (Wildman–Crippen LogP) is -0.133. The first-order valence-corrected chi connectivity index (χ1v) is 11.9. The van der Waals surface area contributed by atoms with Crippen molar-refractivity contribution >= 4 is 13.8 Å². The summed E-state index contributed by atoms with van der Waals surface area (Å²) < 4.78 is 49.5. The van der Waals surface area contributed by atoms with Gasteiger partial charge in [-0.15, -0.1) is 0 Å². The highest BCUT2D eigenvalue weighted by Crippen LogP contribution is 2.42. The van der Waals surface area contributed by atoms with Crippen LogP contribution in [0.5, 0.6) is 11.5 Å². The third kappa shape index (κ3) is 2.78. The van der Waals surface area contributed by atoms with E-state index in [1.165, 1.54) is 0 Å². The van der Waals surface area contributed by atoms with Crippen LogP contribution in [0.3, 0.4) is 0 Å². The standard InChI is InChI=1S/C20H30B2N2O8/c1-2-18(26-16-20-14-24-7-11-29-22(24,32-20)30-12-8-24)4-3-17(1)25-15-19-13-23-5-9-27-21(23,31-19)28-10-6-23/h1-4,19-20H,5-16H2/t19-,20-,21?,22?,23?,24?/m0/s1. The summed E-state index contributed by atoms with van der Waals surface area (Å²) in [5.74, 6) is 1.58. The summed E-state index contributed by atoms with van der Waals surface area (Å²) in [6.45, 7) is 6.20. The van der Waals surface area contributed by atoms with Gasteiger partial charge in [-0.2, -0.15) is 0 Å². The van der Waals surface area contributed by atoms with Crippen molar-refractivity contribution in [3.63, 3.8) is 0 Å². The molecule has 0 aliphatic carbocycles. The smallest absolute Gasteiger partial charge is 0.491 e. The lowest BCUT2D eigenvalue weighted by Crippen LogP contribution is -2.59. The molecule has 32 heavy (non-hydrogen) atoms. The van der Waals surface area contributed by atoms with Crippen LogP contribution in [-0.2, 0) is 27.9 Å². The summed E-state index contributed by atoms with van der Waals surface area (Å²) in [7, 11) is 0. The van der Waals surface area contributed by atoms with Gasteiger partial charge in [0, 0.05) is 0 Å². The molecule has 2 atom stereocenters. The van der Waals surface area contributed by atoms with Crippen LogP contribution >= 0.6 is 0 Å². The van der Waals surface area contributed by atoms with Gasteiger partial charge in [-0.1, -0.05) is 0 Å². The van der Waals surface area contributed by atoms with Gasteiger partial charge >= 0.3 is 13.8 Å². The van der Waals surface area contributed by atoms with Crippen molar-refractivity contribution < 1.29 is 46.2 Å². The topological polar surface area (TPSA) is 73.8 Å². The first kappa shape index (κ1) is 20.0. The van der Waals surface area contributed by atoms with Gasteiger partial charge in [-0.3, -0.25) is 0 Å². The molecular weight excluding hydrogens is 418 g/mol. The largest absolute Gasteiger partial charge is 0.625 e. The Labute approximate surface area is 187 Å². The molecule has 0 bridgehead atoms. The maximum absolute atomic E-state index is 6.20. The van der Waals surface area contributed by atoms with Crippen LogP contribution in [0.1, 0.15) is 0 Å². The van der Waals surface area contributed by atoms with Crippen LogP contribution in [0.15, 0.2) is 24.3 Å². The van der Waals surface area contributed by atoms with Gasteiger partial charge in [-0.25, -0.2) is 0 Å². The van der Waals surface area contributed by atoms with Crippen LogP contribution in [0.2, 0.25) is 0 Å². The first-order valence-electron chi connectivity index (χ1n) is 11.9. The molecule has 6 fully saturated rings. The molecule has 6 heterocycles. The molecule has 0 N–H and O–H groups in total. The van der Waals surface area contributed by atoms with E-state index in [9.17, 15) is 0 Å². The van der Waals surface area contributed by atoms with E-state index in [-0.39, 0.29) is 12.2 Å². The van der Waals surface area contributed by atoms with Crippen molar-refractivity contribution in [1.29, 1.82) is 0 Å². The van der Waals surface area contributed by atoms with Crippen molar-refractivity contribution in [2.24, 2.45) is 0 Å². The molecule has 7 rings (SSSR count). The van der Waals surface area contributed by atoms with Gasteiger partial charge in [0.05, 0.1) is 65.7 Å². The third-order valence-corrected chi connectivity index (χ3v) is 8.36. The Hall–Kier alpha value is -1.37. The average molecular weight is 448 g/mol. The Morgan fingerprint density at radius 1 is 0.656 bits per heavy atom. The first-order chi connectivity index (χ1) is 15.6. The zero-order valence-electron chi connectivity index (χ0n) is 18.3. The number of nitrogens with zero attached hydrogens (tertiary/aromatic N) is 2. The minimum Gasteiger partial charge on any atom is -0.491 e. The van der Waals surface area contributed by atoms with Crippen molar-refractivity contribution in [3.05, 3.63) is 24.3 Å². The Morgan fingerprint density at radius 2 is 1.03 bits per heavy atom. The summed E-state index contributed by atoms with van der Waals surface area (Å²) in [6, 6.07) is 7.71. The number of hydrogen-bond donors (Lipinski definition) is 0. The normalized spacial score (nSPS) is 46.1. The minimum absolute atomic E-state index is 0.0202. The molecular formula is C20H30B2N2O8. The highest BCUT2D eigenvalue weighted by molar-refractivity contribution is 6.54. The maximum Gasteiger partial charge on any atom is 0.625 e. The van der Waals surface area contributed by atoms with Gasteiger partial charge in [-0.05, 0) is 24.3 Å². The van der Waals surface area contributed by atoms with Gasteiger partial charge < -0.3 is 46.2 Å². The van der Waals surface area contributed by atoms with Gasteiger partial charge in [0.25, 0.3) is 0 Å². The second-order valence-corrected chi connectivity index (χ2v) is 10.00. The van der Waals surface area contributed by atoms with E-state index in [1.54, 1.807) is 0 Å². The lowest BCUT2D eigenvalue weighted by molar-refractivity contribution is -0.816. The summed E-state index contributed by atoms with van der Waals surface area (Å²) >= 11 is 0. The number of hydrogen-bond acceptors (Lipinski definition) is 8. The second-order valence-electron chi connectivity index (χ2n) is 10.00. The highest BCUT2D eigenvalue weighted by Gasteiger charge is 2.67. The summed E-state index contributed by atoms with van der Waals surface area (Å²) in [5.41, 5.74) is 0. The van der Waals surface area contributed by atoms with Crippen LogP contribution in [0.25, 0.3) is 0 Å². The van der Waals surface area contributed by atoms with E-state index in [2.05, 4.69) is 0 Å². The summed E-state index contributed by atoms with van der Waals surface area (Å²) in [5, 5.41) is 0. The van der Waals surface area contributed by atoms with E-state index in [0.29, 0.717) is 39.6 Å². The fourth-order valence-electron chi connectivity index (χ4n) is 6.74. The number of rotatable bonds is 6. The Balaban J connectivity index is 0.913. The van der Waals surface area contributed by atoms with Gasteiger partial charge in [0.1, 0.15) is 36.9 Å². The summed E-state index contributed by atoms with van der Waals surface area (Å²) in [6.07, 6.45) is -0.0405. The summed E-state index contributed by atoms with van der Waals surface area (Å²) in [4.78, 5) is 0. The van der Waals surface area contributed by atoms with E-state index < -0.39 is 13.8 Å². The quantitative estimate of drug-likeness (QED) is 0.558. The molecule has 1 aromatic rings. The molecule has 0 saturated carbocycles. The molecule has 12 heteroatoms. The van der Waals surface area contributed by atoms with Crippen molar-refractivity contribution in [2.45, 2.75) is 12.2 Å². The lowest BCUT2D eigenvalue weighted by atomic mass is 9.94. The zero-order valence-corrected chi connectivity index (χ0v) is 18.3. The fraction of sp³-hybridized carbons (Fsp3) is 0.700. The van der Waals surface area contributed by atoms with E-state index in [4.69, 9.17) is 37.4 Å². The number of ether oxygens (including phenoxy) is 2. The molecule has 0 unspecified atom stereocenters. The second kappa shape index (κ2) is 7.07. The van der Waals surface area contributed by atoms with Crippen molar-refractivity contribution in [3.8, 4) is 11.5 Å². The molecule has 10 nitrogen and oxygen atoms in total. The Kier molecular flexibility index (Phi) is 4.43. The van der Waals surface area contributed by atoms with E-state index in [0.717, 1.165) is 59.6 Å². The number of benzene rings is 1. The molecule has 6 saturated heterocycles. The zero-order chi connectivity index (χ0) is 21.3. The van der Waals surface area contributed by atoms with Crippen LogP contribution in [-0.4, -0.2) is 114 Å². The highest BCUT2D eigenvalue weighted by atomic mass is 16.8. The molecule has 0 radical (unpaired) electrons. The van der Waals surface area contributed by atoms with Crippen molar-refractivity contribution in [2.75, 3.05) is 78.9 Å². The van der Waals surface area contributed by atoms with E-state index in [1.807, 2.05) is 24.3 Å². The maximum atomic E-state index is 6.20. The molecule has 0 spiro atoms. The lowest BCUT2D eigenvalue weighted by Gasteiger charge is -2.37. The Bertz CT molecular complexity index is 758. The molecule has 6 aliphatic rings. The molecule has 0 amide bonds. The predicted molar refractivity (Wildman–Crippen MR) is 112 cm³/mol. The van der Waals surface area contributed by atoms with Gasteiger partial charge in [0.2, 0.25) is 0 Å². The van der Waals surface area contributed by atoms with Crippen LogP contribution in [0.4, 0.5) is 0 Å². The molecule has 6 aliphatic heterocycles. The van der Waals surface area contributed by atoms with Crippen LogP contribution < -0.4 is 9.47 Å².